The lowest BCUT2D eigenvalue weighted by Crippen LogP contribution is -2.29. The molecule has 0 aliphatic carbocycles. The van der Waals surface area contributed by atoms with E-state index in [1.807, 2.05) is 13.8 Å². The van der Waals surface area contributed by atoms with Crippen LogP contribution in [0, 0.1) is 13.8 Å². The van der Waals surface area contributed by atoms with Crippen molar-refractivity contribution in [3.63, 3.8) is 0 Å². The highest BCUT2D eigenvalue weighted by molar-refractivity contribution is 5.59. The van der Waals surface area contributed by atoms with E-state index in [2.05, 4.69) is 0 Å². The maximum atomic E-state index is 13.6. The van der Waals surface area contributed by atoms with Crippen molar-refractivity contribution in [1.82, 2.24) is 9.13 Å². The highest BCUT2D eigenvalue weighted by Gasteiger charge is 2.33. The number of aromatic nitrogens is 2. The second kappa shape index (κ2) is 9.44. The van der Waals surface area contributed by atoms with Gasteiger partial charge in [-0.25, -0.2) is 0 Å². The summed E-state index contributed by atoms with van der Waals surface area (Å²) in [6.45, 7) is 7.90. The molecule has 3 rings (SSSR count). The minimum atomic E-state index is -0.931. The fourth-order valence-corrected chi connectivity index (χ4v) is 4.55. The largest absolute Gasteiger partial charge is 0.507 e. The number of ether oxygens (including phenoxy) is 2. The molecule has 0 bridgehead atoms. The molecule has 1 atom stereocenters. The van der Waals surface area contributed by atoms with Gasteiger partial charge < -0.3 is 28.8 Å². The first kappa shape index (κ1) is 24.0. The molecule has 0 amide bonds. The minimum Gasteiger partial charge on any atom is -0.507 e. The summed E-state index contributed by atoms with van der Waals surface area (Å²) < 4.78 is 14.2. The molecule has 2 heterocycles. The molecule has 2 aromatic heterocycles. The van der Waals surface area contributed by atoms with E-state index in [1.165, 1.54) is 24.9 Å². The third-order valence-corrected chi connectivity index (χ3v) is 6.07. The standard InChI is InChI=1S/C25H30N2O6/c1-7-26-14(3)12-17(28)23(25(26)31)22(16-10-9-11-19(32-5)24(16)33-6)21-15(4)27(8-2)20(30)13-18(21)29/h9-13,22,28-29H,7-8H2,1-6H3. The number of pyridine rings is 2. The maximum Gasteiger partial charge on any atom is 0.258 e. The first-order valence-corrected chi connectivity index (χ1v) is 10.8. The number of benzene rings is 1. The van der Waals surface area contributed by atoms with E-state index >= 15 is 0 Å². The van der Waals surface area contributed by atoms with Crippen LogP contribution in [-0.2, 0) is 13.1 Å². The van der Waals surface area contributed by atoms with Crippen LogP contribution < -0.4 is 20.6 Å². The van der Waals surface area contributed by atoms with Crippen LogP contribution in [-0.4, -0.2) is 33.6 Å². The van der Waals surface area contributed by atoms with Crippen molar-refractivity contribution in [3.05, 3.63) is 79.1 Å². The molecule has 0 fully saturated rings. The molecule has 0 aliphatic rings. The summed E-state index contributed by atoms with van der Waals surface area (Å²) in [5.41, 5.74) is 1.27. The number of aryl methyl sites for hydroxylation is 1. The van der Waals surface area contributed by atoms with Gasteiger partial charge in [0.25, 0.3) is 11.1 Å². The van der Waals surface area contributed by atoms with Gasteiger partial charge in [-0.15, -0.1) is 0 Å². The monoisotopic (exact) mass is 454 g/mol. The molecule has 33 heavy (non-hydrogen) atoms. The van der Waals surface area contributed by atoms with Crippen molar-refractivity contribution >= 4 is 0 Å². The van der Waals surface area contributed by atoms with Gasteiger partial charge in [-0.2, -0.15) is 0 Å². The summed E-state index contributed by atoms with van der Waals surface area (Å²) in [5, 5.41) is 22.0. The van der Waals surface area contributed by atoms with E-state index in [-0.39, 0.29) is 22.6 Å². The summed E-state index contributed by atoms with van der Waals surface area (Å²) in [5.74, 6) is -0.604. The van der Waals surface area contributed by atoms with Crippen molar-refractivity contribution in [1.29, 1.82) is 0 Å². The third-order valence-electron chi connectivity index (χ3n) is 6.07. The van der Waals surface area contributed by atoms with Gasteiger partial charge in [0.2, 0.25) is 0 Å². The highest BCUT2D eigenvalue weighted by Crippen LogP contribution is 2.46. The van der Waals surface area contributed by atoms with Crippen LogP contribution in [0.3, 0.4) is 0 Å². The van der Waals surface area contributed by atoms with Crippen LogP contribution in [0.2, 0.25) is 0 Å². The molecular weight excluding hydrogens is 424 g/mol. The fraction of sp³-hybridized carbons (Fsp3) is 0.360. The predicted octanol–water partition coefficient (Wildman–Crippen LogP) is 3.28. The topological polar surface area (TPSA) is 103 Å². The summed E-state index contributed by atoms with van der Waals surface area (Å²) in [6.07, 6.45) is 0. The molecule has 3 aromatic rings. The number of nitrogens with zero attached hydrogens (tertiary/aromatic N) is 2. The Balaban J connectivity index is 2.56. The molecular formula is C25H30N2O6. The molecule has 1 aromatic carbocycles. The van der Waals surface area contributed by atoms with Crippen LogP contribution in [0.4, 0.5) is 0 Å². The number of methoxy groups -OCH3 is 2. The van der Waals surface area contributed by atoms with Crippen LogP contribution >= 0.6 is 0 Å². The van der Waals surface area contributed by atoms with Crippen LogP contribution in [0.15, 0.2) is 39.9 Å². The van der Waals surface area contributed by atoms with Gasteiger partial charge in [0.05, 0.1) is 25.7 Å². The molecule has 0 spiro atoms. The summed E-state index contributed by atoms with van der Waals surface area (Å²) in [6, 6.07) is 7.88. The lowest BCUT2D eigenvalue weighted by molar-refractivity contribution is 0.350. The van der Waals surface area contributed by atoms with E-state index in [4.69, 9.17) is 9.47 Å². The summed E-state index contributed by atoms with van der Waals surface area (Å²) in [7, 11) is 2.99. The molecule has 1 unspecified atom stereocenters. The average molecular weight is 455 g/mol. The molecule has 8 heteroatoms. The van der Waals surface area contributed by atoms with Gasteiger partial charge in [-0.3, -0.25) is 9.59 Å². The molecule has 0 aliphatic heterocycles. The zero-order valence-electron chi connectivity index (χ0n) is 19.8. The Kier molecular flexibility index (Phi) is 6.86. The van der Waals surface area contributed by atoms with Crippen molar-refractivity contribution in [2.45, 2.75) is 46.7 Å². The van der Waals surface area contributed by atoms with Crippen LogP contribution in [0.1, 0.15) is 47.8 Å². The SMILES string of the molecule is CCn1c(C)c(C(c2cccc(OC)c2OC)c2c(O)cc(C)n(CC)c2=O)c(O)cc1=O. The molecule has 0 saturated heterocycles. The predicted molar refractivity (Wildman–Crippen MR) is 126 cm³/mol. The Morgan fingerprint density at radius 3 is 2.12 bits per heavy atom. The zero-order chi connectivity index (χ0) is 24.4. The average Bonchev–Trinajstić information content (AvgIpc) is 2.77. The minimum absolute atomic E-state index is 0.0775. The van der Waals surface area contributed by atoms with Crippen LogP contribution in [0.25, 0.3) is 0 Å². The zero-order valence-corrected chi connectivity index (χ0v) is 19.8. The van der Waals surface area contributed by atoms with Crippen LogP contribution in [0.5, 0.6) is 23.0 Å². The van der Waals surface area contributed by atoms with Gasteiger partial charge in [0, 0.05) is 41.7 Å². The number of rotatable bonds is 7. The van der Waals surface area contributed by atoms with Gasteiger partial charge in [-0.05, 0) is 39.8 Å². The Labute approximate surface area is 192 Å². The van der Waals surface area contributed by atoms with E-state index in [0.29, 0.717) is 47.1 Å². The van der Waals surface area contributed by atoms with Gasteiger partial charge in [-0.1, -0.05) is 12.1 Å². The summed E-state index contributed by atoms with van der Waals surface area (Å²) in [4.78, 5) is 26.1. The van der Waals surface area contributed by atoms with E-state index in [0.717, 1.165) is 6.07 Å². The quantitative estimate of drug-likeness (QED) is 0.568. The fourth-order valence-electron chi connectivity index (χ4n) is 4.55. The Morgan fingerprint density at radius 1 is 0.909 bits per heavy atom. The Hall–Kier alpha value is -3.68. The molecule has 2 N–H and O–H groups in total. The molecule has 0 radical (unpaired) electrons. The van der Waals surface area contributed by atoms with Gasteiger partial charge in [0.15, 0.2) is 11.5 Å². The lowest BCUT2D eigenvalue weighted by Gasteiger charge is -2.26. The Bertz CT molecular complexity index is 1310. The van der Waals surface area contributed by atoms with Crippen molar-refractivity contribution in [2.24, 2.45) is 0 Å². The lowest BCUT2D eigenvalue weighted by atomic mass is 9.83. The maximum absolute atomic E-state index is 13.6. The Morgan fingerprint density at radius 2 is 1.55 bits per heavy atom. The van der Waals surface area contributed by atoms with Crippen molar-refractivity contribution < 1.29 is 19.7 Å². The molecule has 8 nitrogen and oxygen atoms in total. The number of hydrogen-bond donors (Lipinski definition) is 2. The van der Waals surface area contributed by atoms with Gasteiger partial charge in [0.1, 0.15) is 11.5 Å². The smallest absolute Gasteiger partial charge is 0.258 e. The van der Waals surface area contributed by atoms with E-state index < -0.39 is 11.5 Å². The van der Waals surface area contributed by atoms with E-state index in [1.54, 1.807) is 36.6 Å². The number of para-hydroxylation sites is 1. The van der Waals surface area contributed by atoms with Crippen molar-refractivity contribution in [3.8, 4) is 23.0 Å². The second-order valence-electron chi connectivity index (χ2n) is 7.76. The first-order chi connectivity index (χ1) is 15.7. The van der Waals surface area contributed by atoms with Gasteiger partial charge >= 0.3 is 0 Å². The summed E-state index contributed by atoms with van der Waals surface area (Å²) >= 11 is 0. The third kappa shape index (κ3) is 3.97. The molecule has 176 valence electrons. The molecule has 0 saturated carbocycles. The van der Waals surface area contributed by atoms with E-state index in [9.17, 15) is 19.8 Å². The first-order valence-electron chi connectivity index (χ1n) is 10.8. The second-order valence-corrected chi connectivity index (χ2v) is 7.76. The highest BCUT2D eigenvalue weighted by atomic mass is 16.5. The van der Waals surface area contributed by atoms with Crippen molar-refractivity contribution in [2.75, 3.05) is 14.2 Å². The number of aromatic hydroxyl groups is 2. The normalized spacial score (nSPS) is 11.9. The number of hydrogen-bond acceptors (Lipinski definition) is 6.